The third-order valence-corrected chi connectivity index (χ3v) is 6.71. The van der Waals surface area contributed by atoms with Crippen LogP contribution in [0.4, 0.5) is 4.79 Å². The lowest BCUT2D eigenvalue weighted by atomic mass is 9.81. The summed E-state index contributed by atoms with van der Waals surface area (Å²) in [5, 5.41) is 12.1. The van der Waals surface area contributed by atoms with Gasteiger partial charge in [-0.3, -0.25) is 9.78 Å². The van der Waals surface area contributed by atoms with Crippen molar-refractivity contribution >= 4 is 12.1 Å². The molecular formula is C26H42N2O5. The van der Waals surface area contributed by atoms with Gasteiger partial charge in [0.05, 0.1) is 12.0 Å². The van der Waals surface area contributed by atoms with Crippen molar-refractivity contribution < 1.29 is 24.2 Å². The zero-order valence-corrected chi connectivity index (χ0v) is 21.1. The number of hydrogen-bond acceptors (Lipinski definition) is 5. The number of carbonyl (C=O) groups is 2. The van der Waals surface area contributed by atoms with E-state index in [1.54, 1.807) is 7.11 Å². The summed E-state index contributed by atoms with van der Waals surface area (Å²) in [7, 11) is 1.72. The number of cyclic esters (lactones) is 1. The predicted octanol–water partition coefficient (Wildman–Crippen LogP) is 4.79. The summed E-state index contributed by atoms with van der Waals surface area (Å²) in [6.07, 6.45) is 3.48. The lowest BCUT2D eigenvalue weighted by molar-refractivity contribution is -0.146. The highest BCUT2D eigenvalue weighted by Crippen LogP contribution is 2.33. The van der Waals surface area contributed by atoms with Crippen molar-refractivity contribution in [2.24, 2.45) is 23.7 Å². The SMILES string of the molecule is COCCCCc1cc(CC(CC(NC(=O)O)C2CC(C(C)C)C(=O)O2)C(C)C)cc(C)n1. The van der Waals surface area contributed by atoms with Crippen LogP contribution < -0.4 is 5.32 Å². The minimum absolute atomic E-state index is 0.172. The number of nitrogens with zero attached hydrogens (tertiary/aromatic N) is 1. The largest absolute Gasteiger partial charge is 0.465 e. The van der Waals surface area contributed by atoms with Gasteiger partial charge in [0.2, 0.25) is 0 Å². The maximum absolute atomic E-state index is 12.3. The molecule has 1 aromatic rings. The van der Waals surface area contributed by atoms with Crippen LogP contribution in [0.5, 0.6) is 0 Å². The van der Waals surface area contributed by atoms with Gasteiger partial charge in [-0.05, 0) is 80.9 Å². The summed E-state index contributed by atoms with van der Waals surface area (Å²) >= 11 is 0. The molecule has 0 bridgehead atoms. The number of ether oxygens (including phenoxy) is 2. The number of hydrogen-bond donors (Lipinski definition) is 2. The predicted molar refractivity (Wildman–Crippen MR) is 128 cm³/mol. The Morgan fingerprint density at radius 3 is 2.58 bits per heavy atom. The molecule has 7 nitrogen and oxygen atoms in total. The maximum atomic E-state index is 12.3. The van der Waals surface area contributed by atoms with E-state index in [9.17, 15) is 14.7 Å². The Labute approximate surface area is 198 Å². The smallest absolute Gasteiger partial charge is 0.405 e. The summed E-state index contributed by atoms with van der Waals surface area (Å²) in [5.41, 5.74) is 3.32. The number of unbranched alkanes of at least 4 members (excludes halogenated alkanes) is 1. The van der Waals surface area contributed by atoms with Gasteiger partial charge in [-0.1, -0.05) is 27.7 Å². The van der Waals surface area contributed by atoms with Crippen LogP contribution in [0, 0.1) is 30.6 Å². The van der Waals surface area contributed by atoms with Crippen molar-refractivity contribution in [3.8, 4) is 0 Å². The van der Waals surface area contributed by atoms with Crippen LogP contribution in [0.1, 0.15) is 70.3 Å². The van der Waals surface area contributed by atoms with Crippen molar-refractivity contribution in [3.05, 3.63) is 29.1 Å². The van der Waals surface area contributed by atoms with Crippen molar-refractivity contribution in [2.75, 3.05) is 13.7 Å². The molecule has 4 atom stereocenters. The number of pyridine rings is 1. The van der Waals surface area contributed by atoms with Gasteiger partial charge in [0.25, 0.3) is 0 Å². The van der Waals surface area contributed by atoms with Crippen LogP contribution in [0.3, 0.4) is 0 Å². The Hall–Kier alpha value is -2.15. The molecule has 2 rings (SSSR count). The molecule has 1 amide bonds. The second kappa shape index (κ2) is 12.9. The Morgan fingerprint density at radius 2 is 2.00 bits per heavy atom. The third-order valence-electron chi connectivity index (χ3n) is 6.71. The number of aromatic nitrogens is 1. The Morgan fingerprint density at radius 1 is 1.27 bits per heavy atom. The number of methoxy groups -OCH3 is 1. The van der Waals surface area contributed by atoms with Gasteiger partial charge in [0.1, 0.15) is 6.10 Å². The summed E-state index contributed by atoms with van der Waals surface area (Å²) in [6.45, 7) is 11.1. The Kier molecular flexibility index (Phi) is 10.6. The monoisotopic (exact) mass is 462 g/mol. The van der Waals surface area contributed by atoms with Gasteiger partial charge >= 0.3 is 12.1 Å². The second-order valence-electron chi connectivity index (χ2n) is 10.1. The summed E-state index contributed by atoms with van der Waals surface area (Å²) in [5.74, 6) is 0.378. The number of nitrogens with one attached hydrogen (secondary N) is 1. The first kappa shape index (κ1) is 27.1. The summed E-state index contributed by atoms with van der Waals surface area (Å²) in [4.78, 5) is 28.5. The third kappa shape index (κ3) is 8.61. The molecule has 1 fully saturated rings. The van der Waals surface area contributed by atoms with Crippen LogP contribution in [0.2, 0.25) is 0 Å². The van der Waals surface area contributed by atoms with E-state index in [1.807, 2.05) is 20.8 Å². The topological polar surface area (TPSA) is 97.8 Å². The molecule has 0 radical (unpaired) electrons. The number of amides is 1. The molecule has 2 heterocycles. The molecule has 7 heteroatoms. The van der Waals surface area contributed by atoms with E-state index >= 15 is 0 Å². The standard InChI is InChI=1S/C26H42N2O5/c1-16(2)20(12-19-11-18(5)27-21(13-19)9-7-8-10-32-6)14-23(28-26(30)31)24-15-22(17(3)4)25(29)33-24/h11,13,16-17,20,22-24,28H,7-10,12,14-15H2,1-6H3,(H,30,31). The Balaban J connectivity index is 2.13. The highest BCUT2D eigenvalue weighted by molar-refractivity contribution is 5.75. The molecule has 0 aromatic carbocycles. The van der Waals surface area contributed by atoms with E-state index < -0.39 is 18.2 Å². The average Bonchev–Trinajstić information content (AvgIpc) is 3.11. The molecule has 1 aliphatic rings. The van der Waals surface area contributed by atoms with Gasteiger partial charge in [-0.25, -0.2) is 4.79 Å². The molecule has 2 N–H and O–H groups in total. The van der Waals surface area contributed by atoms with E-state index in [4.69, 9.17) is 14.5 Å². The zero-order chi connectivity index (χ0) is 24.5. The first-order valence-electron chi connectivity index (χ1n) is 12.3. The molecule has 0 saturated carbocycles. The fourth-order valence-electron chi connectivity index (χ4n) is 4.72. The van der Waals surface area contributed by atoms with E-state index in [-0.39, 0.29) is 23.7 Å². The summed E-state index contributed by atoms with van der Waals surface area (Å²) < 4.78 is 10.8. The maximum Gasteiger partial charge on any atom is 0.405 e. The summed E-state index contributed by atoms with van der Waals surface area (Å²) in [6, 6.07) is 3.89. The second-order valence-corrected chi connectivity index (χ2v) is 10.1. The highest BCUT2D eigenvalue weighted by atomic mass is 16.6. The van der Waals surface area contributed by atoms with Crippen molar-refractivity contribution in [1.82, 2.24) is 10.3 Å². The van der Waals surface area contributed by atoms with E-state index in [2.05, 4.69) is 31.3 Å². The quantitative estimate of drug-likeness (QED) is 0.323. The van der Waals surface area contributed by atoms with Gasteiger partial charge < -0.3 is 19.9 Å². The molecule has 4 unspecified atom stereocenters. The molecule has 1 aromatic heterocycles. The van der Waals surface area contributed by atoms with Gasteiger partial charge in [0.15, 0.2) is 0 Å². The van der Waals surface area contributed by atoms with Crippen molar-refractivity contribution in [2.45, 2.75) is 85.3 Å². The molecular weight excluding hydrogens is 420 g/mol. The minimum Gasteiger partial charge on any atom is -0.465 e. The van der Waals surface area contributed by atoms with Crippen LogP contribution in [-0.2, 0) is 27.1 Å². The average molecular weight is 463 g/mol. The molecule has 0 aliphatic carbocycles. The molecule has 33 heavy (non-hydrogen) atoms. The van der Waals surface area contributed by atoms with E-state index in [1.165, 1.54) is 5.56 Å². The molecule has 186 valence electrons. The molecule has 0 spiro atoms. The number of rotatable bonds is 13. The van der Waals surface area contributed by atoms with Crippen LogP contribution in [0.25, 0.3) is 0 Å². The highest BCUT2D eigenvalue weighted by Gasteiger charge is 2.41. The van der Waals surface area contributed by atoms with E-state index in [0.29, 0.717) is 18.8 Å². The number of carbonyl (C=O) groups excluding carboxylic acids is 1. The first-order chi connectivity index (χ1) is 15.6. The van der Waals surface area contributed by atoms with E-state index in [0.717, 1.165) is 43.7 Å². The van der Waals surface area contributed by atoms with Crippen LogP contribution in [-0.4, -0.2) is 48.0 Å². The van der Waals surface area contributed by atoms with Crippen molar-refractivity contribution in [3.63, 3.8) is 0 Å². The number of esters is 1. The van der Waals surface area contributed by atoms with Crippen molar-refractivity contribution in [1.29, 1.82) is 0 Å². The number of carboxylic acid groups (broad SMARTS) is 1. The molecule has 1 saturated heterocycles. The lowest BCUT2D eigenvalue weighted by Gasteiger charge is -2.29. The van der Waals surface area contributed by atoms with Gasteiger partial charge in [0, 0.05) is 25.1 Å². The van der Waals surface area contributed by atoms with Gasteiger partial charge in [-0.15, -0.1) is 0 Å². The lowest BCUT2D eigenvalue weighted by Crippen LogP contribution is -2.44. The van der Waals surface area contributed by atoms with Crippen LogP contribution in [0.15, 0.2) is 12.1 Å². The Bertz CT molecular complexity index is 780. The molecule has 1 aliphatic heterocycles. The van der Waals surface area contributed by atoms with Crippen LogP contribution >= 0.6 is 0 Å². The fraction of sp³-hybridized carbons (Fsp3) is 0.731. The minimum atomic E-state index is -1.08. The first-order valence-corrected chi connectivity index (χ1v) is 12.3. The normalized spacial score (nSPS) is 20.2. The van der Waals surface area contributed by atoms with Gasteiger partial charge in [-0.2, -0.15) is 0 Å². The fourth-order valence-corrected chi connectivity index (χ4v) is 4.72. The zero-order valence-electron chi connectivity index (χ0n) is 21.1. The number of aryl methyl sites for hydroxylation is 2.